The van der Waals surface area contributed by atoms with Crippen molar-refractivity contribution < 1.29 is 4.79 Å². The lowest BCUT2D eigenvalue weighted by Gasteiger charge is -2.37. The van der Waals surface area contributed by atoms with Gasteiger partial charge in [-0.2, -0.15) is 10.1 Å². The largest absolute Gasteiger partial charge is 0.344 e. The number of hydrogen-bond acceptors (Lipinski definition) is 2. The summed E-state index contributed by atoms with van der Waals surface area (Å²) >= 11 is 13.2. The summed E-state index contributed by atoms with van der Waals surface area (Å²) in [6.45, 7) is 14.5. The zero-order valence-electron chi connectivity index (χ0n) is 24.0. The molecule has 40 heavy (non-hydrogen) atoms. The highest BCUT2D eigenvalue weighted by Crippen LogP contribution is 2.34. The second-order valence-corrected chi connectivity index (χ2v) is 11.3. The first-order valence-corrected chi connectivity index (χ1v) is 14.9. The monoisotopic (exact) mass is 577 g/mol. The Labute approximate surface area is 250 Å². The predicted octanol–water partition coefficient (Wildman–Crippen LogP) is 9.88. The van der Waals surface area contributed by atoms with Gasteiger partial charge in [-0.3, -0.25) is 0 Å². The van der Waals surface area contributed by atoms with Gasteiger partial charge in [-0.25, -0.2) is 4.79 Å². The molecule has 1 aliphatic heterocycles. The summed E-state index contributed by atoms with van der Waals surface area (Å²) in [5, 5.41) is 6.64. The molecule has 1 heterocycles. The normalized spacial score (nSPS) is 16.9. The number of rotatable bonds is 11. The highest BCUT2D eigenvalue weighted by atomic mass is 35.5. The van der Waals surface area contributed by atoms with Crippen molar-refractivity contribution >= 4 is 47.1 Å². The third kappa shape index (κ3) is 8.46. The summed E-state index contributed by atoms with van der Waals surface area (Å²) in [7, 11) is 0. The lowest BCUT2D eigenvalue weighted by atomic mass is 9.96. The molecule has 1 atom stereocenters. The first kappa shape index (κ1) is 31.4. The number of piperidine rings is 1. The lowest BCUT2D eigenvalue weighted by Crippen LogP contribution is -2.48. The van der Waals surface area contributed by atoms with Crippen molar-refractivity contribution in [2.24, 2.45) is 11.0 Å². The van der Waals surface area contributed by atoms with Crippen LogP contribution in [0.1, 0.15) is 69.6 Å². The fourth-order valence-electron chi connectivity index (χ4n) is 5.06. The molecule has 0 aromatic heterocycles. The summed E-state index contributed by atoms with van der Waals surface area (Å²) in [4.78, 5) is 15.7. The second-order valence-electron chi connectivity index (χ2n) is 10.5. The summed E-state index contributed by atoms with van der Waals surface area (Å²) in [5.41, 5.74) is 4.90. The molecule has 2 aromatic rings. The maximum atomic E-state index is 13.7. The number of amides is 2. The van der Waals surface area contributed by atoms with E-state index in [1.54, 1.807) is 6.08 Å². The molecule has 0 saturated carbocycles. The van der Waals surface area contributed by atoms with Crippen LogP contribution in [0.3, 0.4) is 0 Å². The molecule has 4 nitrogen and oxygen atoms in total. The van der Waals surface area contributed by atoms with E-state index in [4.69, 9.17) is 23.2 Å². The topological polar surface area (TPSA) is 35.9 Å². The number of carbonyl (C=O) groups is 1. The molecule has 3 rings (SSSR count). The van der Waals surface area contributed by atoms with Gasteiger partial charge < -0.3 is 4.90 Å². The van der Waals surface area contributed by atoms with Crippen LogP contribution < -0.4 is 0 Å². The Morgan fingerprint density at radius 2 is 1.77 bits per heavy atom. The molecular formula is C34H41Cl2N3O. The van der Waals surface area contributed by atoms with Gasteiger partial charge in [0.15, 0.2) is 0 Å². The molecule has 212 valence electrons. The maximum absolute atomic E-state index is 13.7. The number of carbonyl (C=O) groups excluding carboxylic acids is 1. The van der Waals surface area contributed by atoms with Crippen molar-refractivity contribution in [3.8, 4) is 0 Å². The van der Waals surface area contributed by atoms with Crippen LogP contribution in [-0.4, -0.2) is 35.2 Å². The van der Waals surface area contributed by atoms with E-state index in [0.717, 1.165) is 67.3 Å². The number of hydrogen-bond donors (Lipinski definition) is 0. The quantitative estimate of drug-likeness (QED) is 0.149. The van der Waals surface area contributed by atoms with E-state index in [0.29, 0.717) is 10.1 Å². The van der Waals surface area contributed by atoms with E-state index in [1.807, 2.05) is 59.6 Å². The number of benzene rings is 2. The molecule has 6 heteroatoms. The Balaban J connectivity index is 1.89. The highest BCUT2D eigenvalue weighted by molar-refractivity contribution is 6.42. The summed E-state index contributed by atoms with van der Waals surface area (Å²) in [5.74, 6) is 0.275. The first-order valence-electron chi connectivity index (χ1n) is 14.1. The molecule has 0 bridgehead atoms. The third-order valence-electron chi connectivity index (χ3n) is 7.01. The van der Waals surface area contributed by atoms with Gasteiger partial charge in [-0.1, -0.05) is 124 Å². The molecule has 1 unspecified atom stereocenters. The average molecular weight is 579 g/mol. The minimum absolute atomic E-state index is 0.130. The first-order chi connectivity index (χ1) is 19.3. The fraction of sp³-hybridized carbons (Fsp3) is 0.353. The fourth-order valence-corrected chi connectivity index (χ4v) is 5.78. The van der Waals surface area contributed by atoms with Gasteiger partial charge in [0.25, 0.3) is 0 Å². The number of hydrazone groups is 1. The Kier molecular flexibility index (Phi) is 12.3. The lowest BCUT2D eigenvalue weighted by molar-refractivity contribution is 0.128. The van der Waals surface area contributed by atoms with Gasteiger partial charge in [0.2, 0.25) is 0 Å². The van der Waals surface area contributed by atoms with Crippen LogP contribution >= 0.6 is 23.2 Å². The molecule has 1 saturated heterocycles. The van der Waals surface area contributed by atoms with Crippen LogP contribution in [-0.2, 0) is 6.42 Å². The Hall–Kier alpha value is -3.08. The molecule has 0 spiro atoms. The Morgan fingerprint density at radius 3 is 2.38 bits per heavy atom. The molecule has 2 aromatic carbocycles. The highest BCUT2D eigenvalue weighted by Gasteiger charge is 2.30. The van der Waals surface area contributed by atoms with E-state index >= 15 is 0 Å². The average Bonchev–Trinajstić information content (AvgIpc) is 2.96. The smallest absolute Gasteiger partial charge is 0.320 e. The van der Waals surface area contributed by atoms with Crippen molar-refractivity contribution in [3.63, 3.8) is 0 Å². The molecule has 1 aliphatic rings. The minimum atomic E-state index is -0.130. The number of urea groups is 1. The SMILES string of the molecule is C=C/C(Cl)=C(\C(Cl)=C/C(C)C)c1ccc(/C(=C/N(N=C)C(=O)N2CCCCC2Cc2ccccc2)CCC)cc1. The van der Waals surface area contributed by atoms with Crippen molar-refractivity contribution in [1.29, 1.82) is 0 Å². The van der Waals surface area contributed by atoms with Crippen molar-refractivity contribution in [2.45, 2.75) is 65.3 Å². The number of halogens is 2. The Bertz CT molecular complexity index is 1250. The predicted molar refractivity (Wildman–Crippen MR) is 172 cm³/mol. The van der Waals surface area contributed by atoms with Gasteiger partial charge in [0.1, 0.15) is 0 Å². The number of allylic oxidation sites excluding steroid dienone is 6. The summed E-state index contributed by atoms with van der Waals surface area (Å²) < 4.78 is 0. The zero-order valence-corrected chi connectivity index (χ0v) is 25.5. The third-order valence-corrected chi connectivity index (χ3v) is 7.67. The molecule has 1 fully saturated rings. The van der Waals surface area contributed by atoms with Gasteiger partial charge in [0, 0.05) is 41.1 Å². The maximum Gasteiger partial charge on any atom is 0.344 e. The number of nitrogens with zero attached hydrogens (tertiary/aromatic N) is 3. The van der Waals surface area contributed by atoms with Crippen LogP contribution in [0.25, 0.3) is 11.1 Å². The molecule has 0 radical (unpaired) electrons. The molecule has 0 N–H and O–H groups in total. The zero-order chi connectivity index (χ0) is 29.1. The van der Waals surface area contributed by atoms with Crippen molar-refractivity contribution in [1.82, 2.24) is 9.91 Å². The van der Waals surface area contributed by atoms with E-state index < -0.39 is 0 Å². The van der Waals surface area contributed by atoms with Gasteiger partial charge in [-0.15, -0.1) is 0 Å². The molecule has 0 aliphatic carbocycles. The molecule has 2 amide bonds. The van der Waals surface area contributed by atoms with Crippen LogP contribution in [0.5, 0.6) is 0 Å². The van der Waals surface area contributed by atoms with Crippen LogP contribution in [0.15, 0.2) is 94.7 Å². The van der Waals surface area contributed by atoms with Gasteiger partial charge in [-0.05, 0) is 60.3 Å². The van der Waals surface area contributed by atoms with E-state index in [9.17, 15) is 4.79 Å². The number of likely N-dealkylation sites (tertiary alicyclic amines) is 1. The Morgan fingerprint density at radius 1 is 1.10 bits per heavy atom. The van der Waals surface area contributed by atoms with Gasteiger partial charge >= 0.3 is 6.03 Å². The van der Waals surface area contributed by atoms with Crippen LogP contribution in [0.4, 0.5) is 4.79 Å². The standard InChI is InChI=1S/C34H41Cl2N3O/c1-6-13-29(27-17-19-28(20-18-27)33(31(35)7-2)32(36)22-25(3)4)24-39(37-5)34(40)38-21-12-11-16-30(38)23-26-14-9-8-10-15-26/h7-10,14-15,17-20,22,24-25,30H,2,5-6,11-13,16,21,23H2,1,3-4H3/b29-24+,32-22+,33-31+. The van der Waals surface area contributed by atoms with E-state index in [-0.39, 0.29) is 18.0 Å². The summed E-state index contributed by atoms with van der Waals surface area (Å²) in [6.07, 6.45) is 11.1. The van der Waals surface area contributed by atoms with E-state index in [1.165, 1.54) is 10.6 Å². The molecular weight excluding hydrogens is 537 g/mol. The van der Waals surface area contributed by atoms with Crippen LogP contribution in [0, 0.1) is 5.92 Å². The van der Waals surface area contributed by atoms with Crippen molar-refractivity contribution in [2.75, 3.05) is 6.54 Å². The van der Waals surface area contributed by atoms with Crippen LogP contribution in [0.2, 0.25) is 0 Å². The second kappa shape index (κ2) is 15.6. The summed E-state index contributed by atoms with van der Waals surface area (Å²) in [6, 6.07) is 18.4. The van der Waals surface area contributed by atoms with E-state index in [2.05, 4.69) is 51.3 Å². The van der Waals surface area contributed by atoms with Gasteiger partial charge in [0.05, 0.1) is 0 Å². The van der Waals surface area contributed by atoms with Crippen molar-refractivity contribution in [3.05, 3.63) is 106 Å². The minimum Gasteiger partial charge on any atom is -0.320 e.